The molecule has 6 heteroatoms. The third kappa shape index (κ3) is 2.01. The zero-order valence-corrected chi connectivity index (χ0v) is 8.45. The van der Waals surface area contributed by atoms with Crippen molar-refractivity contribution in [3.05, 3.63) is 29.6 Å². The van der Waals surface area contributed by atoms with E-state index < -0.39 is 17.7 Å². The second kappa shape index (κ2) is 4.52. The average Bonchev–Trinajstić information content (AvgIpc) is 2.33. The summed E-state index contributed by atoms with van der Waals surface area (Å²) in [5.41, 5.74) is -0.352. The van der Waals surface area contributed by atoms with Crippen molar-refractivity contribution in [2.45, 2.75) is 12.8 Å². The van der Waals surface area contributed by atoms with Crippen LogP contribution in [0.15, 0.2) is 12.3 Å². The SMILES string of the molecule is O=C(c1ccnc(F)c1F)N1CCCCO1. The Bertz CT molecular complexity index is 406. The van der Waals surface area contributed by atoms with Crippen molar-refractivity contribution in [3.63, 3.8) is 0 Å². The molecular formula is C10H10F2N2O2. The van der Waals surface area contributed by atoms with E-state index in [-0.39, 0.29) is 5.56 Å². The highest BCUT2D eigenvalue weighted by Crippen LogP contribution is 2.15. The van der Waals surface area contributed by atoms with Crippen molar-refractivity contribution in [3.8, 4) is 0 Å². The number of halogens is 2. The van der Waals surface area contributed by atoms with Crippen LogP contribution in [0.25, 0.3) is 0 Å². The Morgan fingerprint density at radius 1 is 1.44 bits per heavy atom. The highest BCUT2D eigenvalue weighted by Gasteiger charge is 2.24. The summed E-state index contributed by atoms with van der Waals surface area (Å²) in [6.07, 6.45) is 2.70. The Kier molecular flexibility index (Phi) is 3.09. The third-order valence-electron chi connectivity index (χ3n) is 2.31. The molecule has 0 aliphatic carbocycles. The molecule has 0 bridgehead atoms. The van der Waals surface area contributed by atoms with E-state index in [0.29, 0.717) is 13.2 Å². The first-order valence-electron chi connectivity index (χ1n) is 4.95. The lowest BCUT2D eigenvalue weighted by molar-refractivity contribution is -0.144. The van der Waals surface area contributed by atoms with Crippen molar-refractivity contribution < 1.29 is 18.4 Å². The maximum absolute atomic E-state index is 13.3. The minimum absolute atomic E-state index is 0.352. The molecule has 1 fully saturated rings. The van der Waals surface area contributed by atoms with Gasteiger partial charge >= 0.3 is 0 Å². The lowest BCUT2D eigenvalue weighted by Gasteiger charge is -2.25. The van der Waals surface area contributed by atoms with Gasteiger partial charge in [-0.15, -0.1) is 0 Å². The van der Waals surface area contributed by atoms with Gasteiger partial charge in [-0.05, 0) is 18.9 Å². The first-order valence-corrected chi connectivity index (χ1v) is 4.95. The van der Waals surface area contributed by atoms with Crippen LogP contribution in [0.1, 0.15) is 23.2 Å². The Hall–Kier alpha value is -1.56. The number of aromatic nitrogens is 1. The zero-order valence-electron chi connectivity index (χ0n) is 8.45. The summed E-state index contributed by atoms with van der Waals surface area (Å²) in [4.78, 5) is 19.9. The van der Waals surface area contributed by atoms with Gasteiger partial charge in [0.25, 0.3) is 5.91 Å². The van der Waals surface area contributed by atoms with E-state index in [0.717, 1.165) is 30.2 Å². The van der Waals surface area contributed by atoms with Crippen LogP contribution in [-0.4, -0.2) is 29.1 Å². The van der Waals surface area contributed by atoms with Crippen LogP contribution in [0.5, 0.6) is 0 Å². The fourth-order valence-corrected chi connectivity index (χ4v) is 1.47. The number of nitrogens with zero attached hydrogens (tertiary/aromatic N) is 2. The number of rotatable bonds is 1. The van der Waals surface area contributed by atoms with Gasteiger partial charge in [-0.25, -0.2) is 14.4 Å². The molecule has 1 aromatic rings. The molecule has 1 aromatic heterocycles. The summed E-state index contributed by atoms with van der Waals surface area (Å²) >= 11 is 0. The van der Waals surface area contributed by atoms with E-state index in [1.54, 1.807) is 0 Å². The molecule has 2 rings (SSSR count). The molecule has 0 radical (unpaired) electrons. The molecule has 0 N–H and O–H groups in total. The van der Waals surface area contributed by atoms with Gasteiger partial charge in [0.15, 0.2) is 5.82 Å². The largest absolute Gasteiger partial charge is 0.280 e. The molecule has 0 atom stereocenters. The second-order valence-electron chi connectivity index (χ2n) is 3.41. The Balaban J connectivity index is 2.22. The quantitative estimate of drug-likeness (QED) is 0.684. The molecular weight excluding hydrogens is 218 g/mol. The first-order chi connectivity index (χ1) is 7.70. The molecule has 0 unspecified atom stereocenters. The molecule has 4 nitrogen and oxygen atoms in total. The van der Waals surface area contributed by atoms with E-state index in [2.05, 4.69) is 4.98 Å². The topological polar surface area (TPSA) is 42.4 Å². The summed E-state index contributed by atoms with van der Waals surface area (Å²) in [7, 11) is 0. The number of carbonyl (C=O) groups excluding carboxylic acids is 1. The first kappa shape index (κ1) is 10.9. The van der Waals surface area contributed by atoms with Gasteiger partial charge in [-0.2, -0.15) is 4.39 Å². The monoisotopic (exact) mass is 228 g/mol. The Labute approximate surface area is 90.8 Å². The third-order valence-corrected chi connectivity index (χ3v) is 2.31. The van der Waals surface area contributed by atoms with E-state index in [1.807, 2.05) is 0 Å². The minimum atomic E-state index is -1.28. The molecule has 86 valence electrons. The van der Waals surface area contributed by atoms with Crippen LogP contribution in [0, 0.1) is 11.8 Å². The van der Waals surface area contributed by atoms with Crippen molar-refractivity contribution in [1.29, 1.82) is 0 Å². The number of amides is 1. The second-order valence-corrected chi connectivity index (χ2v) is 3.41. The highest BCUT2D eigenvalue weighted by molar-refractivity contribution is 5.93. The Morgan fingerprint density at radius 2 is 2.25 bits per heavy atom. The van der Waals surface area contributed by atoms with E-state index in [1.165, 1.54) is 0 Å². The number of hydrogen-bond donors (Lipinski definition) is 0. The molecule has 0 aromatic carbocycles. The molecule has 16 heavy (non-hydrogen) atoms. The van der Waals surface area contributed by atoms with Crippen LogP contribution in [0.3, 0.4) is 0 Å². The fourth-order valence-electron chi connectivity index (χ4n) is 1.47. The predicted molar refractivity (Wildman–Crippen MR) is 50.4 cm³/mol. The van der Waals surface area contributed by atoms with Gasteiger partial charge in [-0.1, -0.05) is 0 Å². The molecule has 0 saturated carbocycles. The summed E-state index contributed by atoms with van der Waals surface area (Å²) in [5.74, 6) is -3.18. The molecule has 2 heterocycles. The van der Waals surface area contributed by atoms with Crippen LogP contribution in [0.4, 0.5) is 8.78 Å². The van der Waals surface area contributed by atoms with E-state index in [9.17, 15) is 13.6 Å². The van der Waals surface area contributed by atoms with Gasteiger partial charge in [-0.3, -0.25) is 9.63 Å². The Morgan fingerprint density at radius 3 is 2.94 bits per heavy atom. The number of pyridine rings is 1. The van der Waals surface area contributed by atoms with Gasteiger partial charge < -0.3 is 0 Å². The van der Waals surface area contributed by atoms with Crippen LogP contribution in [-0.2, 0) is 4.84 Å². The lowest BCUT2D eigenvalue weighted by atomic mass is 10.2. The summed E-state index contributed by atoms with van der Waals surface area (Å²) in [6.45, 7) is 0.809. The number of hydroxylamine groups is 2. The molecule has 0 spiro atoms. The van der Waals surface area contributed by atoms with Gasteiger partial charge in [0.1, 0.15) is 0 Å². The van der Waals surface area contributed by atoms with Crippen LogP contribution >= 0.6 is 0 Å². The van der Waals surface area contributed by atoms with Gasteiger partial charge in [0, 0.05) is 12.7 Å². The number of hydrogen-bond acceptors (Lipinski definition) is 3. The van der Waals surface area contributed by atoms with Gasteiger partial charge in [0.2, 0.25) is 5.95 Å². The molecule has 1 aliphatic rings. The standard InChI is InChI=1S/C10H10F2N2O2/c11-8-7(3-4-13-9(8)12)10(15)14-5-1-2-6-16-14/h3-4H,1-2,5-6H2. The molecule has 1 aliphatic heterocycles. The zero-order chi connectivity index (χ0) is 11.5. The van der Waals surface area contributed by atoms with Crippen LogP contribution < -0.4 is 0 Å². The van der Waals surface area contributed by atoms with Crippen LogP contribution in [0.2, 0.25) is 0 Å². The summed E-state index contributed by atoms with van der Waals surface area (Å²) in [6, 6.07) is 1.14. The maximum atomic E-state index is 13.3. The van der Waals surface area contributed by atoms with Gasteiger partial charge in [0.05, 0.1) is 12.2 Å². The van der Waals surface area contributed by atoms with E-state index >= 15 is 0 Å². The smallest absolute Gasteiger partial charge is 0.271 e. The number of carbonyl (C=O) groups is 1. The minimum Gasteiger partial charge on any atom is -0.271 e. The maximum Gasteiger partial charge on any atom is 0.280 e. The van der Waals surface area contributed by atoms with Crippen molar-refractivity contribution in [1.82, 2.24) is 10.0 Å². The van der Waals surface area contributed by atoms with Crippen molar-refractivity contribution >= 4 is 5.91 Å². The van der Waals surface area contributed by atoms with E-state index in [4.69, 9.17) is 4.84 Å². The fraction of sp³-hybridized carbons (Fsp3) is 0.400. The highest BCUT2D eigenvalue weighted by atomic mass is 19.2. The summed E-state index contributed by atoms with van der Waals surface area (Å²) < 4.78 is 26.1. The average molecular weight is 228 g/mol. The molecule has 1 saturated heterocycles. The van der Waals surface area contributed by atoms with Crippen molar-refractivity contribution in [2.24, 2.45) is 0 Å². The normalized spacial score (nSPS) is 16.2. The molecule has 1 amide bonds. The predicted octanol–water partition coefficient (Wildman–Crippen LogP) is 1.53. The summed E-state index contributed by atoms with van der Waals surface area (Å²) in [5, 5.41) is 1.06. The lowest BCUT2D eigenvalue weighted by Crippen LogP contribution is -2.36. The van der Waals surface area contributed by atoms with Crippen molar-refractivity contribution in [2.75, 3.05) is 13.2 Å².